The highest BCUT2D eigenvalue weighted by Gasteiger charge is 2.26. The van der Waals surface area contributed by atoms with Crippen molar-refractivity contribution < 1.29 is 0 Å². The van der Waals surface area contributed by atoms with Gasteiger partial charge >= 0.3 is 0 Å². The van der Waals surface area contributed by atoms with Gasteiger partial charge in [-0.15, -0.1) is 0 Å². The highest BCUT2D eigenvalue weighted by atomic mass is 32.1. The molecule has 1 atom stereocenters. The molecule has 132 valence electrons. The summed E-state index contributed by atoms with van der Waals surface area (Å²) in [6.45, 7) is 1.82. The van der Waals surface area contributed by atoms with Crippen molar-refractivity contribution in [2.45, 2.75) is 25.6 Å². The van der Waals surface area contributed by atoms with E-state index in [2.05, 4.69) is 57.4 Å². The van der Waals surface area contributed by atoms with Crippen LogP contribution in [0.5, 0.6) is 0 Å². The Morgan fingerprint density at radius 1 is 1.04 bits per heavy atom. The van der Waals surface area contributed by atoms with Crippen molar-refractivity contribution in [3.8, 4) is 0 Å². The summed E-state index contributed by atoms with van der Waals surface area (Å²) >= 11 is 5.45. The summed E-state index contributed by atoms with van der Waals surface area (Å²) in [5.41, 5.74) is 2.52. The standard InChI is InChI=1S/C21H22N4S/c26-21-22-20(14-13-17-8-3-1-4-9-17)23-25(21)16-24-15-7-12-19(24)18-10-5-2-6-11-18/h1-6,8-11,13-14,19H,7,12,15-16H2,(H,22,23,26). The van der Waals surface area contributed by atoms with Crippen molar-refractivity contribution in [2.75, 3.05) is 6.54 Å². The Balaban J connectivity index is 1.49. The Bertz CT molecular complexity index is 927. The van der Waals surface area contributed by atoms with Crippen LogP contribution in [0.1, 0.15) is 35.8 Å². The lowest BCUT2D eigenvalue weighted by Gasteiger charge is -2.24. The van der Waals surface area contributed by atoms with Crippen LogP contribution < -0.4 is 0 Å². The Labute approximate surface area is 158 Å². The molecule has 0 bridgehead atoms. The number of aromatic nitrogens is 3. The maximum Gasteiger partial charge on any atom is 0.217 e. The third kappa shape index (κ3) is 3.84. The zero-order valence-corrected chi connectivity index (χ0v) is 15.4. The molecule has 4 rings (SSSR count). The fourth-order valence-electron chi connectivity index (χ4n) is 3.51. The Morgan fingerprint density at radius 2 is 1.77 bits per heavy atom. The first-order valence-corrected chi connectivity index (χ1v) is 9.39. The van der Waals surface area contributed by atoms with Crippen molar-refractivity contribution in [3.63, 3.8) is 0 Å². The molecule has 1 aliphatic heterocycles. The van der Waals surface area contributed by atoms with Crippen molar-refractivity contribution in [1.29, 1.82) is 0 Å². The minimum absolute atomic E-state index is 0.449. The van der Waals surface area contributed by atoms with Gasteiger partial charge < -0.3 is 0 Å². The maximum atomic E-state index is 5.45. The van der Waals surface area contributed by atoms with E-state index < -0.39 is 0 Å². The molecule has 0 saturated carbocycles. The molecule has 2 heterocycles. The summed E-state index contributed by atoms with van der Waals surface area (Å²) in [5, 5.41) is 3.32. The lowest BCUT2D eigenvalue weighted by molar-refractivity contribution is 0.190. The molecular weight excluding hydrogens is 340 g/mol. The van der Waals surface area contributed by atoms with E-state index in [1.165, 1.54) is 18.4 Å². The number of likely N-dealkylation sites (tertiary alicyclic amines) is 1. The van der Waals surface area contributed by atoms with Gasteiger partial charge in [-0.2, -0.15) is 4.98 Å². The maximum absolute atomic E-state index is 5.45. The number of nitrogens with zero attached hydrogens (tertiary/aromatic N) is 3. The van der Waals surface area contributed by atoms with Crippen LogP contribution >= 0.6 is 12.2 Å². The topological polar surface area (TPSA) is 36.9 Å². The fraction of sp³-hybridized carbons (Fsp3) is 0.238. The zero-order valence-electron chi connectivity index (χ0n) is 14.6. The second-order valence-corrected chi connectivity index (χ2v) is 6.95. The van der Waals surface area contributed by atoms with E-state index in [9.17, 15) is 0 Å². The molecule has 1 aliphatic rings. The predicted octanol–water partition coefficient (Wildman–Crippen LogP) is 4.91. The van der Waals surface area contributed by atoms with Crippen LogP contribution in [0.3, 0.4) is 0 Å². The second kappa shape index (κ2) is 7.81. The van der Waals surface area contributed by atoms with E-state index in [0.29, 0.717) is 10.8 Å². The number of hydrogen-bond donors (Lipinski definition) is 1. The van der Waals surface area contributed by atoms with Crippen LogP contribution in [-0.4, -0.2) is 26.2 Å². The first kappa shape index (κ1) is 16.9. The van der Waals surface area contributed by atoms with Crippen LogP contribution in [0.4, 0.5) is 0 Å². The Morgan fingerprint density at radius 3 is 2.54 bits per heavy atom. The molecule has 2 aromatic carbocycles. The fourth-order valence-corrected chi connectivity index (χ4v) is 3.72. The summed E-state index contributed by atoms with van der Waals surface area (Å²) in [6.07, 6.45) is 6.41. The number of aromatic amines is 1. The van der Waals surface area contributed by atoms with Crippen molar-refractivity contribution >= 4 is 24.4 Å². The van der Waals surface area contributed by atoms with Gasteiger partial charge in [0, 0.05) is 12.6 Å². The molecule has 4 nitrogen and oxygen atoms in total. The van der Waals surface area contributed by atoms with Gasteiger partial charge in [-0.3, -0.25) is 10.00 Å². The van der Waals surface area contributed by atoms with Gasteiger partial charge in [0.15, 0.2) is 0 Å². The van der Waals surface area contributed by atoms with Gasteiger partial charge in [0.25, 0.3) is 0 Å². The smallest absolute Gasteiger partial charge is 0.217 e. The SMILES string of the molecule is S=c1nc(C=Cc2ccccc2)[nH]n1CN1CCCC1c1ccccc1. The molecule has 0 amide bonds. The number of nitrogens with one attached hydrogen (secondary N) is 1. The van der Waals surface area contributed by atoms with Crippen LogP contribution in [0.15, 0.2) is 60.7 Å². The van der Waals surface area contributed by atoms with Gasteiger partial charge in [-0.25, -0.2) is 4.68 Å². The largest absolute Gasteiger partial charge is 0.278 e. The van der Waals surface area contributed by atoms with Crippen LogP contribution in [0.25, 0.3) is 12.2 Å². The van der Waals surface area contributed by atoms with E-state index in [0.717, 1.165) is 24.6 Å². The number of hydrogen-bond acceptors (Lipinski definition) is 3. The Hall–Kier alpha value is -2.50. The quantitative estimate of drug-likeness (QED) is 0.656. The molecule has 1 unspecified atom stereocenters. The molecule has 1 fully saturated rings. The van der Waals surface area contributed by atoms with Crippen LogP contribution in [0.2, 0.25) is 0 Å². The number of benzene rings is 2. The van der Waals surface area contributed by atoms with Gasteiger partial charge in [0.1, 0.15) is 5.82 Å². The molecule has 5 heteroatoms. The highest BCUT2D eigenvalue weighted by molar-refractivity contribution is 7.71. The van der Waals surface area contributed by atoms with Gasteiger partial charge in [-0.05, 0) is 42.3 Å². The monoisotopic (exact) mass is 362 g/mol. The first-order chi connectivity index (χ1) is 12.8. The molecule has 0 radical (unpaired) electrons. The summed E-state index contributed by atoms with van der Waals surface area (Å²) in [5.74, 6) is 0.786. The average molecular weight is 363 g/mol. The van der Waals surface area contributed by atoms with Crippen molar-refractivity contribution in [1.82, 2.24) is 19.7 Å². The van der Waals surface area contributed by atoms with Crippen LogP contribution in [-0.2, 0) is 6.67 Å². The number of rotatable bonds is 5. The molecule has 1 N–H and O–H groups in total. The minimum atomic E-state index is 0.449. The molecule has 26 heavy (non-hydrogen) atoms. The molecular formula is C21H22N4S. The van der Waals surface area contributed by atoms with Gasteiger partial charge in [0.05, 0.1) is 6.67 Å². The lowest BCUT2D eigenvalue weighted by Crippen LogP contribution is -2.26. The molecule has 0 spiro atoms. The van der Waals surface area contributed by atoms with Crippen molar-refractivity contribution in [3.05, 3.63) is 82.4 Å². The van der Waals surface area contributed by atoms with Gasteiger partial charge in [0.2, 0.25) is 4.77 Å². The first-order valence-electron chi connectivity index (χ1n) is 8.98. The van der Waals surface area contributed by atoms with Crippen molar-refractivity contribution in [2.24, 2.45) is 0 Å². The molecule has 0 aliphatic carbocycles. The summed E-state index contributed by atoms with van der Waals surface area (Å²) in [4.78, 5) is 6.94. The predicted molar refractivity (Wildman–Crippen MR) is 108 cm³/mol. The van der Waals surface area contributed by atoms with E-state index in [-0.39, 0.29) is 0 Å². The van der Waals surface area contributed by atoms with Gasteiger partial charge in [-0.1, -0.05) is 66.7 Å². The van der Waals surface area contributed by atoms with E-state index in [1.807, 2.05) is 35.0 Å². The second-order valence-electron chi connectivity index (χ2n) is 6.59. The van der Waals surface area contributed by atoms with Crippen LogP contribution in [0, 0.1) is 4.77 Å². The highest BCUT2D eigenvalue weighted by Crippen LogP contribution is 2.31. The Kier molecular flexibility index (Phi) is 5.09. The lowest BCUT2D eigenvalue weighted by atomic mass is 10.1. The van der Waals surface area contributed by atoms with E-state index >= 15 is 0 Å². The average Bonchev–Trinajstić information content (AvgIpc) is 3.29. The third-order valence-electron chi connectivity index (χ3n) is 4.80. The molecule has 1 saturated heterocycles. The number of H-pyrrole nitrogens is 1. The van der Waals surface area contributed by atoms with E-state index in [1.54, 1.807) is 0 Å². The summed E-state index contributed by atoms with van der Waals surface area (Å²) in [7, 11) is 0. The normalized spacial score (nSPS) is 17.9. The molecule has 3 aromatic rings. The summed E-state index contributed by atoms with van der Waals surface area (Å²) in [6, 6.07) is 21.4. The third-order valence-corrected chi connectivity index (χ3v) is 5.11. The summed E-state index contributed by atoms with van der Waals surface area (Å²) < 4.78 is 2.55. The minimum Gasteiger partial charge on any atom is -0.278 e. The van der Waals surface area contributed by atoms with E-state index in [4.69, 9.17) is 12.2 Å². The molecule has 1 aromatic heterocycles. The zero-order chi connectivity index (χ0) is 17.8.